The first-order chi connectivity index (χ1) is 13.8. The van der Waals surface area contributed by atoms with E-state index >= 15 is 0 Å². The van der Waals surface area contributed by atoms with Crippen LogP contribution >= 0.6 is 0 Å². The van der Waals surface area contributed by atoms with Crippen molar-refractivity contribution in [3.05, 3.63) is 120 Å². The minimum Gasteiger partial charge on any atom is -0.323 e. The van der Waals surface area contributed by atoms with Crippen molar-refractivity contribution >= 4 is 11.6 Å². The number of nitrogens with one attached hydrogen (secondary N) is 1. The molecule has 1 aromatic heterocycles. The van der Waals surface area contributed by atoms with E-state index < -0.39 is 0 Å². The maximum absolute atomic E-state index is 13.1. The molecule has 1 heterocycles. The largest absolute Gasteiger partial charge is 0.323 e. The van der Waals surface area contributed by atoms with E-state index in [1.165, 1.54) is 0 Å². The first-order valence-corrected chi connectivity index (χ1v) is 9.27. The SMILES string of the molecule is O=C(Nc1cnn(Cc2ccccc2)c1)C(c1ccccc1)c1ccccc1. The van der Waals surface area contributed by atoms with E-state index in [2.05, 4.69) is 22.5 Å². The third kappa shape index (κ3) is 4.18. The van der Waals surface area contributed by atoms with Crippen molar-refractivity contribution in [3.63, 3.8) is 0 Å². The summed E-state index contributed by atoms with van der Waals surface area (Å²) in [5, 5.41) is 7.39. The van der Waals surface area contributed by atoms with Crippen LogP contribution in [0, 0.1) is 0 Å². The Morgan fingerprint density at radius 2 is 1.36 bits per heavy atom. The van der Waals surface area contributed by atoms with Gasteiger partial charge in [0.1, 0.15) is 0 Å². The third-order valence-electron chi connectivity index (χ3n) is 4.62. The van der Waals surface area contributed by atoms with Crippen LogP contribution in [0.1, 0.15) is 22.6 Å². The molecule has 4 heteroatoms. The molecule has 0 spiro atoms. The summed E-state index contributed by atoms with van der Waals surface area (Å²) in [5.41, 5.74) is 3.78. The molecule has 0 saturated carbocycles. The summed E-state index contributed by atoms with van der Waals surface area (Å²) in [6, 6.07) is 29.8. The smallest absolute Gasteiger partial charge is 0.236 e. The number of carbonyl (C=O) groups excluding carboxylic acids is 1. The van der Waals surface area contributed by atoms with E-state index in [9.17, 15) is 4.79 Å². The number of anilines is 1. The molecule has 4 nitrogen and oxygen atoms in total. The standard InChI is InChI=1S/C24H21N3O/c28-24(23(20-12-6-2-7-13-20)21-14-8-3-9-15-21)26-22-16-25-27(18-22)17-19-10-4-1-5-11-19/h1-16,18,23H,17H2,(H,26,28). The van der Waals surface area contributed by atoms with Gasteiger partial charge in [0.2, 0.25) is 5.91 Å². The maximum atomic E-state index is 13.1. The highest BCUT2D eigenvalue weighted by Crippen LogP contribution is 2.26. The van der Waals surface area contributed by atoms with E-state index in [1.54, 1.807) is 6.20 Å². The highest BCUT2D eigenvalue weighted by molar-refractivity contribution is 5.98. The lowest BCUT2D eigenvalue weighted by atomic mass is 9.90. The van der Waals surface area contributed by atoms with Gasteiger partial charge in [-0.2, -0.15) is 5.10 Å². The predicted molar refractivity (Wildman–Crippen MR) is 111 cm³/mol. The zero-order chi connectivity index (χ0) is 19.2. The second-order valence-electron chi connectivity index (χ2n) is 6.66. The number of carbonyl (C=O) groups is 1. The summed E-state index contributed by atoms with van der Waals surface area (Å²) in [7, 11) is 0. The Labute approximate surface area is 164 Å². The van der Waals surface area contributed by atoms with Crippen molar-refractivity contribution in [2.75, 3.05) is 5.32 Å². The topological polar surface area (TPSA) is 46.9 Å². The van der Waals surface area contributed by atoms with Crippen molar-refractivity contribution in [3.8, 4) is 0 Å². The maximum Gasteiger partial charge on any atom is 0.236 e. The number of hydrogen-bond acceptors (Lipinski definition) is 2. The van der Waals surface area contributed by atoms with Crippen molar-refractivity contribution < 1.29 is 4.79 Å². The summed E-state index contributed by atoms with van der Waals surface area (Å²) in [6.07, 6.45) is 3.55. The minimum absolute atomic E-state index is 0.0725. The van der Waals surface area contributed by atoms with Gasteiger partial charge in [-0.05, 0) is 16.7 Å². The van der Waals surface area contributed by atoms with E-state index in [-0.39, 0.29) is 11.8 Å². The molecule has 1 amide bonds. The van der Waals surface area contributed by atoms with E-state index in [0.29, 0.717) is 12.2 Å². The van der Waals surface area contributed by atoms with Gasteiger partial charge in [-0.15, -0.1) is 0 Å². The Bertz CT molecular complexity index is 988. The van der Waals surface area contributed by atoms with Crippen LogP contribution in [-0.2, 0) is 11.3 Å². The number of benzene rings is 3. The summed E-state index contributed by atoms with van der Waals surface area (Å²) in [4.78, 5) is 13.1. The van der Waals surface area contributed by atoms with Gasteiger partial charge in [-0.1, -0.05) is 91.0 Å². The minimum atomic E-state index is -0.375. The summed E-state index contributed by atoms with van der Waals surface area (Å²) >= 11 is 0. The van der Waals surface area contributed by atoms with E-state index in [1.807, 2.05) is 89.7 Å². The molecule has 0 bridgehead atoms. The third-order valence-corrected chi connectivity index (χ3v) is 4.62. The monoisotopic (exact) mass is 367 g/mol. The second-order valence-corrected chi connectivity index (χ2v) is 6.66. The number of hydrogen-bond donors (Lipinski definition) is 1. The zero-order valence-corrected chi connectivity index (χ0v) is 15.4. The molecule has 0 saturated heterocycles. The Morgan fingerprint density at radius 1 is 0.821 bits per heavy atom. The number of amides is 1. The molecule has 0 atom stereocenters. The predicted octanol–water partition coefficient (Wildman–Crippen LogP) is 4.70. The van der Waals surface area contributed by atoms with Gasteiger partial charge in [0, 0.05) is 6.20 Å². The Hall–Kier alpha value is -3.66. The average molecular weight is 367 g/mol. The molecule has 0 radical (unpaired) electrons. The average Bonchev–Trinajstić information content (AvgIpc) is 3.17. The van der Waals surface area contributed by atoms with Crippen molar-refractivity contribution in [2.45, 2.75) is 12.5 Å². The summed E-state index contributed by atoms with van der Waals surface area (Å²) in [6.45, 7) is 0.664. The molecular weight excluding hydrogens is 346 g/mol. The van der Waals surface area contributed by atoms with Crippen molar-refractivity contribution in [2.24, 2.45) is 0 Å². The lowest BCUT2D eigenvalue weighted by molar-refractivity contribution is -0.116. The van der Waals surface area contributed by atoms with Crippen LogP contribution in [0.5, 0.6) is 0 Å². The molecule has 0 fully saturated rings. The Morgan fingerprint density at radius 3 is 1.93 bits per heavy atom. The molecule has 0 aliphatic rings. The van der Waals surface area contributed by atoms with Crippen LogP contribution in [0.15, 0.2) is 103 Å². The Balaban J connectivity index is 1.54. The molecule has 4 rings (SSSR count). The van der Waals surface area contributed by atoms with Crippen LogP contribution in [0.25, 0.3) is 0 Å². The van der Waals surface area contributed by atoms with Gasteiger partial charge < -0.3 is 5.32 Å². The fourth-order valence-corrected chi connectivity index (χ4v) is 3.29. The molecule has 4 aromatic rings. The number of rotatable bonds is 6. The van der Waals surface area contributed by atoms with Gasteiger partial charge >= 0.3 is 0 Å². The van der Waals surface area contributed by atoms with Gasteiger partial charge in [0.05, 0.1) is 24.3 Å². The fraction of sp³-hybridized carbons (Fsp3) is 0.0833. The lowest BCUT2D eigenvalue weighted by Crippen LogP contribution is -2.22. The Kier molecular flexibility index (Phi) is 5.29. The molecule has 0 aliphatic carbocycles. The number of aromatic nitrogens is 2. The van der Waals surface area contributed by atoms with E-state index in [4.69, 9.17) is 0 Å². The summed E-state index contributed by atoms with van der Waals surface area (Å²) < 4.78 is 1.82. The first kappa shape index (κ1) is 17.7. The highest BCUT2D eigenvalue weighted by Gasteiger charge is 2.23. The summed E-state index contributed by atoms with van der Waals surface area (Å²) in [5.74, 6) is -0.448. The van der Waals surface area contributed by atoms with Crippen LogP contribution in [0.3, 0.4) is 0 Å². The highest BCUT2D eigenvalue weighted by atomic mass is 16.1. The van der Waals surface area contributed by atoms with Crippen molar-refractivity contribution in [1.29, 1.82) is 0 Å². The van der Waals surface area contributed by atoms with Gasteiger partial charge in [-0.25, -0.2) is 0 Å². The molecule has 138 valence electrons. The second kappa shape index (κ2) is 8.35. The van der Waals surface area contributed by atoms with Crippen molar-refractivity contribution in [1.82, 2.24) is 9.78 Å². The van der Waals surface area contributed by atoms with Crippen LogP contribution in [0.4, 0.5) is 5.69 Å². The van der Waals surface area contributed by atoms with Crippen LogP contribution < -0.4 is 5.32 Å². The zero-order valence-electron chi connectivity index (χ0n) is 15.4. The van der Waals surface area contributed by atoms with Gasteiger partial charge in [-0.3, -0.25) is 9.48 Å². The van der Waals surface area contributed by atoms with Crippen LogP contribution in [0.2, 0.25) is 0 Å². The normalized spacial score (nSPS) is 10.8. The molecule has 1 N–H and O–H groups in total. The first-order valence-electron chi connectivity index (χ1n) is 9.27. The molecule has 0 aliphatic heterocycles. The molecular formula is C24H21N3O. The fourth-order valence-electron chi connectivity index (χ4n) is 3.29. The van der Waals surface area contributed by atoms with Gasteiger partial charge in [0.25, 0.3) is 0 Å². The van der Waals surface area contributed by atoms with Crippen LogP contribution in [-0.4, -0.2) is 15.7 Å². The quantitative estimate of drug-likeness (QED) is 0.537. The van der Waals surface area contributed by atoms with Gasteiger partial charge in [0.15, 0.2) is 0 Å². The molecule has 3 aromatic carbocycles. The molecule has 0 unspecified atom stereocenters. The number of nitrogens with zero attached hydrogens (tertiary/aromatic N) is 2. The van der Waals surface area contributed by atoms with E-state index in [0.717, 1.165) is 16.7 Å². The molecule has 28 heavy (non-hydrogen) atoms. The lowest BCUT2D eigenvalue weighted by Gasteiger charge is -2.17.